The largest absolute Gasteiger partial charge is 0.504 e. The summed E-state index contributed by atoms with van der Waals surface area (Å²) in [6, 6.07) is 15.3. The minimum Gasteiger partial charge on any atom is -0.504 e. The van der Waals surface area contributed by atoms with Crippen LogP contribution in [0.5, 0.6) is 17.2 Å². The predicted molar refractivity (Wildman–Crippen MR) is 124 cm³/mol. The van der Waals surface area contributed by atoms with Crippen LogP contribution in [-0.4, -0.2) is 29.1 Å². The molecule has 168 valence electrons. The number of hydrogen-bond acceptors (Lipinski definition) is 6. The van der Waals surface area contributed by atoms with Gasteiger partial charge in [-0.1, -0.05) is 32.0 Å². The summed E-state index contributed by atoms with van der Waals surface area (Å²) in [6.07, 6.45) is 1.69. The van der Waals surface area contributed by atoms with Crippen molar-refractivity contribution >= 4 is 30.0 Å². The first-order chi connectivity index (χ1) is 14.9. The number of methoxy groups -OCH3 is 1. The fourth-order valence-electron chi connectivity index (χ4n) is 2.87. The number of nitrogens with zero attached hydrogens (tertiary/aromatic N) is 1. The lowest BCUT2D eigenvalue weighted by Crippen LogP contribution is -2.15. The molecule has 1 aromatic heterocycles. The zero-order valence-electron chi connectivity index (χ0n) is 18.0. The average molecular weight is 457 g/mol. The first-order valence-corrected chi connectivity index (χ1v) is 9.80. The zero-order chi connectivity index (χ0) is 22.4. The van der Waals surface area contributed by atoms with E-state index in [-0.39, 0.29) is 42.4 Å². The van der Waals surface area contributed by atoms with E-state index in [0.717, 1.165) is 0 Å². The van der Waals surface area contributed by atoms with Crippen molar-refractivity contribution in [3.8, 4) is 28.5 Å². The molecule has 1 amide bonds. The van der Waals surface area contributed by atoms with Gasteiger partial charge in [0.1, 0.15) is 5.75 Å². The minimum atomic E-state index is -0.332. The van der Waals surface area contributed by atoms with Crippen molar-refractivity contribution in [1.29, 1.82) is 0 Å². The van der Waals surface area contributed by atoms with E-state index in [4.69, 9.17) is 9.47 Å². The Hall–Kier alpha value is -3.58. The van der Waals surface area contributed by atoms with Crippen LogP contribution in [0.3, 0.4) is 0 Å². The number of aromatic nitrogens is 1. The lowest BCUT2D eigenvalue weighted by molar-refractivity contribution is -0.137. The van der Waals surface area contributed by atoms with Crippen LogP contribution >= 0.6 is 12.4 Å². The molecule has 0 radical (unpaired) electrons. The normalized spacial score (nSPS) is 10.2. The number of pyridine rings is 1. The smallest absolute Gasteiger partial charge is 0.313 e. The topological polar surface area (TPSA) is 97.8 Å². The number of phenolic OH excluding ortho intramolecular Hbond substituents is 1. The van der Waals surface area contributed by atoms with E-state index in [1.807, 2.05) is 6.07 Å². The molecule has 0 unspecified atom stereocenters. The van der Waals surface area contributed by atoms with Crippen molar-refractivity contribution in [2.45, 2.75) is 20.3 Å². The Morgan fingerprint density at radius 3 is 2.53 bits per heavy atom. The molecule has 0 atom stereocenters. The predicted octanol–water partition coefficient (Wildman–Crippen LogP) is 4.63. The molecule has 0 bridgehead atoms. The van der Waals surface area contributed by atoms with E-state index < -0.39 is 0 Å². The van der Waals surface area contributed by atoms with Gasteiger partial charge in [-0.2, -0.15) is 0 Å². The Kier molecular flexibility index (Phi) is 8.61. The van der Waals surface area contributed by atoms with Crippen LogP contribution in [0.2, 0.25) is 0 Å². The molecule has 1 heterocycles. The van der Waals surface area contributed by atoms with Crippen molar-refractivity contribution < 1.29 is 24.2 Å². The summed E-state index contributed by atoms with van der Waals surface area (Å²) in [5.74, 6) is -0.0875. The molecule has 2 aromatic carbocycles. The maximum atomic E-state index is 12.5. The number of carbonyl (C=O) groups excluding carboxylic acids is 2. The van der Waals surface area contributed by atoms with Crippen LogP contribution in [-0.2, 0) is 16.0 Å². The van der Waals surface area contributed by atoms with Gasteiger partial charge in [-0.3, -0.25) is 14.6 Å². The van der Waals surface area contributed by atoms with Crippen LogP contribution in [0.1, 0.15) is 19.4 Å². The lowest BCUT2D eigenvalue weighted by Gasteiger charge is -2.12. The third kappa shape index (κ3) is 6.21. The van der Waals surface area contributed by atoms with Crippen molar-refractivity contribution in [3.05, 3.63) is 66.4 Å². The van der Waals surface area contributed by atoms with Crippen molar-refractivity contribution in [1.82, 2.24) is 4.98 Å². The number of carbonyl (C=O) groups is 2. The molecular formula is C24H25ClN2O5. The monoisotopic (exact) mass is 456 g/mol. The SMILES string of the molecule is COc1cc(CC(=O)Nc2ccnc(-c3ccccc3OC(=O)C(C)C)c2)ccc1O.Cl. The van der Waals surface area contributed by atoms with Gasteiger partial charge >= 0.3 is 5.97 Å². The first kappa shape index (κ1) is 24.7. The minimum absolute atomic E-state index is 0. The second kappa shape index (κ2) is 11.2. The summed E-state index contributed by atoms with van der Waals surface area (Å²) in [6.45, 7) is 3.53. The van der Waals surface area contributed by atoms with Crippen LogP contribution < -0.4 is 14.8 Å². The molecular weight excluding hydrogens is 432 g/mol. The summed E-state index contributed by atoms with van der Waals surface area (Å²) in [7, 11) is 1.45. The van der Waals surface area contributed by atoms with Crippen LogP contribution in [0, 0.1) is 5.92 Å². The van der Waals surface area contributed by atoms with Crippen molar-refractivity contribution in [2.24, 2.45) is 5.92 Å². The summed E-state index contributed by atoms with van der Waals surface area (Å²) in [5, 5.41) is 12.5. The number of halogens is 1. The van der Waals surface area contributed by atoms with Crippen molar-refractivity contribution in [2.75, 3.05) is 12.4 Å². The summed E-state index contributed by atoms with van der Waals surface area (Å²) >= 11 is 0. The molecule has 0 spiro atoms. The van der Waals surface area contributed by atoms with Gasteiger partial charge in [0, 0.05) is 17.4 Å². The molecule has 0 aliphatic rings. The molecule has 32 heavy (non-hydrogen) atoms. The van der Waals surface area contributed by atoms with Gasteiger partial charge in [-0.25, -0.2) is 0 Å². The fraction of sp³-hybridized carbons (Fsp3) is 0.208. The summed E-state index contributed by atoms with van der Waals surface area (Å²) in [5.41, 5.74) is 2.48. The number of hydrogen-bond donors (Lipinski definition) is 2. The summed E-state index contributed by atoms with van der Waals surface area (Å²) < 4.78 is 10.6. The molecule has 0 saturated heterocycles. The molecule has 3 rings (SSSR count). The lowest BCUT2D eigenvalue weighted by atomic mass is 10.1. The average Bonchev–Trinajstić information content (AvgIpc) is 2.75. The Labute approximate surface area is 192 Å². The molecule has 8 heteroatoms. The highest BCUT2D eigenvalue weighted by molar-refractivity contribution is 5.93. The number of para-hydroxylation sites is 1. The molecule has 0 fully saturated rings. The third-order valence-corrected chi connectivity index (χ3v) is 4.50. The van der Waals surface area contributed by atoms with Gasteiger partial charge in [0.05, 0.1) is 25.1 Å². The number of ether oxygens (including phenoxy) is 2. The molecule has 0 saturated carbocycles. The maximum Gasteiger partial charge on any atom is 0.313 e. The van der Waals surface area contributed by atoms with Gasteiger partial charge in [-0.15, -0.1) is 12.4 Å². The second-order valence-electron chi connectivity index (χ2n) is 7.23. The Morgan fingerprint density at radius 2 is 1.81 bits per heavy atom. The quantitative estimate of drug-likeness (QED) is 0.397. The van der Waals surface area contributed by atoms with Crippen molar-refractivity contribution in [3.63, 3.8) is 0 Å². The molecule has 3 aromatic rings. The van der Waals surface area contributed by atoms with E-state index in [1.165, 1.54) is 13.2 Å². The Bertz CT molecular complexity index is 1100. The number of amides is 1. The number of phenols is 1. The Morgan fingerprint density at radius 1 is 1.06 bits per heavy atom. The highest BCUT2D eigenvalue weighted by Crippen LogP contribution is 2.30. The van der Waals surface area contributed by atoms with Gasteiger partial charge in [0.2, 0.25) is 5.91 Å². The van der Waals surface area contributed by atoms with E-state index in [2.05, 4.69) is 10.3 Å². The number of benzene rings is 2. The van der Waals surface area contributed by atoms with E-state index in [9.17, 15) is 14.7 Å². The second-order valence-corrected chi connectivity index (χ2v) is 7.23. The molecule has 0 aliphatic carbocycles. The van der Waals surface area contributed by atoms with E-state index in [0.29, 0.717) is 34.0 Å². The highest BCUT2D eigenvalue weighted by atomic mass is 35.5. The van der Waals surface area contributed by atoms with Gasteiger partial charge in [0.15, 0.2) is 11.5 Å². The zero-order valence-corrected chi connectivity index (χ0v) is 18.8. The number of rotatable bonds is 7. The fourth-order valence-corrected chi connectivity index (χ4v) is 2.87. The molecule has 0 aliphatic heterocycles. The van der Waals surface area contributed by atoms with Gasteiger partial charge in [0.25, 0.3) is 0 Å². The number of anilines is 1. The molecule has 7 nitrogen and oxygen atoms in total. The summed E-state index contributed by atoms with van der Waals surface area (Å²) in [4.78, 5) is 28.9. The van der Waals surface area contributed by atoms with Crippen LogP contribution in [0.25, 0.3) is 11.3 Å². The van der Waals surface area contributed by atoms with E-state index >= 15 is 0 Å². The Balaban J connectivity index is 0.00000363. The standard InChI is InChI=1S/C24H24N2O5.ClH/c1-15(2)24(29)31-21-7-5-4-6-18(21)19-14-17(10-11-25-19)26-23(28)13-16-8-9-20(27)22(12-16)30-3;/h4-12,14-15,27H,13H2,1-3H3,(H,25,26,28);1H. The third-order valence-electron chi connectivity index (χ3n) is 4.50. The number of nitrogens with one attached hydrogen (secondary N) is 1. The van der Waals surface area contributed by atoms with Gasteiger partial charge in [-0.05, 0) is 42.0 Å². The number of esters is 1. The van der Waals surface area contributed by atoms with Gasteiger partial charge < -0.3 is 19.9 Å². The van der Waals surface area contributed by atoms with Crippen LogP contribution in [0.15, 0.2) is 60.8 Å². The highest BCUT2D eigenvalue weighted by Gasteiger charge is 2.15. The number of aromatic hydroxyl groups is 1. The first-order valence-electron chi connectivity index (χ1n) is 9.80. The van der Waals surface area contributed by atoms with Crippen LogP contribution in [0.4, 0.5) is 5.69 Å². The van der Waals surface area contributed by atoms with E-state index in [1.54, 1.807) is 62.5 Å². The maximum absolute atomic E-state index is 12.5. The molecule has 2 N–H and O–H groups in total.